The maximum atomic E-state index is 12.1. The van der Waals surface area contributed by atoms with Crippen LogP contribution in [0.4, 0.5) is 0 Å². The molecule has 3 aromatic rings. The van der Waals surface area contributed by atoms with Crippen molar-refractivity contribution in [1.82, 2.24) is 20.1 Å². The number of rotatable bonds is 5. The molecule has 1 aromatic carbocycles. The number of aromatic nitrogens is 3. The van der Waals surface area contributed by atoms with Gasteiger partial charge in [0.05, 0.1) is 6.42 Å². The molecule has 0 saturated heterocycles. The van der Waals surface area contributed by atoms with Gasteiger partial charge in [0.2, 0.25) is 5.91 Å². The Morgan fingerprint density at radius 2 is 2.14 bits per heavy atom. The van der Waals surface area contributed by atoms with Crippen molar-refractivity contribution in [1.29, 1.82) is 0 Å². The summed E-state index contributed by atoms with van der Waals surface area (Å²) < 4.78 is 2.06. The smallest absolute Gasteiger partial charge is 0.224 e. The number of carbonyl (C=O) groups is 1. The van der Waals surface area contributed by atoms with Crippen LogP contribution < -0.4 is 5.32 Å². The second-order valence-corrected chi connectivity index (χ2v) is 6.54. The van der Waals surface area contributed by atoms with Gasteiger partial charge in [-0.2, -0.15) is 0 Å². The predicted molar refractivity (Wildman–Crippen MR) is 88.0 cm³/mol. The Morgan fingerprint density at radius 3 is 2.91 bits per heavy atom. The molecule has 114 valence electrons. The quantitative estimate of drug-likeness (QED) is 0.786. The Morgan fingerprint density at radius 1 is 1.32 bits per heavy atom. The van der Waals surface area contributed by atoms with E-state index in [1.54, 1.807) is 11.3 Å². The minimum absolute atomic E-state index is 0.0394. The molecule has 0 fully saturated rings. The first-order chi connectivity index (χ1) is 10.6. The molecule has 0 unspecified atom stereocenters. The van der Waals surface area contributed by atoms with E-state index in [1.807, 2.05) is 32.3 Å². The third kappa shape index (κ3) is 3.17. The van der Waals surface area contributed by atoms with Gasteiger partial charge in [-0.3, -0.25) is 4.79 Å². The number of nitrogens with zero attached hydrogens (tertiary/aromatic N) is 3. The maximum Gasteiger partial charge on any atom is 0.224 e. The van der Waals surface area contributed by atoms with Gasteiger partial charge >= 0.3 is 0 Å². The summed E-state index contributed by atoms with van der Waals surface area (Å²) in [7, 11) is 2.00. The van der Waals surface area contributed by atoms with Crippen molar-refractivity contribution in [3.63, 3.8) is 0 Å². The largest absolute Gasteiger partial charge is 0.355 e. The number of para-hydroxylation sites is 1. The second kappa shape index (κ2) is 6.27. The summed E-state index contributed by atoms with van der Waals surface area (Å²) in [5, 5.41) is 14.0. The van der Waals surface area contributed by atoms with Crippen LogP contribution in [0.25, 0.3) is 10.9 Å². The van der Waals surface area contributed by atoms with E-state index < -0.39 is 0 Å². The topological polar surface area (TPSA) is 59.8 Å². The molecule has 5 nitrogen and oxygen atoms in total. The number of amides is 1. The monoisotopic (exact) mass is 314 g/mol. The highest BCUT2D eigenvalue weighted by atomic mass is 32.1. The molecule has 0 aliphatic rings. The summed E-state index contributed by atoms with van der Waals surface area (Å²) in [6.45, 7) is 2.53. The maximum absolute atomic E-state index is 12.1. The van der Waals surface area contributed by atoms with Crippen LogP contribution >= 0.6 is 11.3 Å². The minimum Gasteiger partial charge on any atom is -0.355 e. The van der Waals surface area contributed by atoms with Gasteiger partial charge in [-0.15, -0.1) is 21.5 Å². The van der Waals surface area contributed by atoms with Gasteiger partial charge in [-0.05, 0) is 18.6 Å². The molecule has 2 aromatic heterocycles. The first-order valence-electron chi connectivity index (χ1n) is 7.22. The second-order valence-electron chi connectivity index (χ2n) is 5.27. The standard InChI is InChI=1S/C16H18N4OS/c1-11-18-19-16(22-11)7-8-17-15(21)9-12-10-20(2)14-6-4-3-5-13(12)14/h3-6,10H,7-9H2,1-2H3,(H,17,21). The van der Waals surface area contributed by atoms with Gasteiger partial charge in [-0.1, -0.05) is 18.2 Å². The van der Waals surface area contributed by atoms with Crippen LogP contribution in [0.3, 0.4) is 0 Å². The van der Waals surface area contributed by atoms with Crippen molar-refractivity contribution >= 4 is 28.1 Å². The van der Waals surface area contributed by atoms with Crippen LogP contribution in [-0.4, -0.2) is 27.2 Å². The van der Waals surface area contributed by atoms with Gasteiger partial charge in [0, 0.05) is 37.1 Å². The van der Waals surface area contributed by atoms with E-state index in [2.05, 4.69) is 32.2 Å². The molecule has 2 heterocycles. The van der Waals surface area contributed by atoms with Crippen LogP contribution in [-0.2, 0) is 24.7 Å². The average Bonchev–Trinajstić information content (AvgIpc) is 3.04. The molecule has 3 rings (SSSR count). The summed E-state index contributed by atoms with van der Waals surface area (Å²) in [5.74, 6) is 0.0394. The summed E-state index contributed by atoms with van der Waals surface area (Å²) in [6.07, 6.45) is 3.15. The Hall–Kier alpha value is -2.21. The summed E-state index contributed by atoms with van der Waals surface area (Å²) in [6, 6.07) is 8.13. The molecular formula is C16H18N4OS. The highest BCUT2D eigenvalue weighted by Crippen LogP contribution is 2.20. The molecule has 22 heavy (non-hydrogen) atoms. The average molecular weight is 314 g/mol. The van der Waals surface area contributed by atoms with Gasteiger partial charge in [0.1, 0.15) is 10.0 Å². The zero-order valence-corrected chi connectivity index (χ0v) is 13.5. The molecule has 0 atom stereocenters. The molecule has 0 spiro atoms. The Bertz CT molecular complexity index is 805. The third-order valence-electron chi connectivity index (χ3n) is 3.56. The van der Waals surface area contributed by atoms with E-state index in [4.69, 9.17) is 0 Å². The first-order valence-corrected chi connectivity index (χ1v) is 8.04. The van der Waals surface area contributed by atoms with E-state index in [9.17, 15) is 4.79 Å². The summed E-state index contributed by atoms with van der Waals surface area (Å²) in [5.41, 5.74) is 2.21. The van der Waals surface area contributed by atoms with E-state index in [0.717, 1.165) is 32.9 Å². The lowest BCUT2D eigenvalue weighted by Gasteiger charge is -2.03. The minimum atomic E-state index is 0.0394. The van der Waals surface area contributed by atoms with Crippen LogP contribution in [0.15, 0.2) is 30.5 Å². The fourth-order valence-electron chi connectivity index (χ4n) is 2.55. The van der Waals surface area contributed by atoms with Crippen molar-refractivity contribution < 1.29 is 4.79 Å². The van der Waals surface area contributed by atoms with Gasteiger partial charge in [-0.25, -0.2) is 0 Å². The molecule has 1 amide bonds. The number of benzene rings is 1. The molecular weight excluding hydrogens is 296 g/mol. The van der Waals surface area contributed by atoms with E-state index in [1.165, 1.54) is 0 Å². The van der Waals surface area contributed by atoms with Gasteiger partial charge < -0.3 is 9.88 Å². The van der Waals surface area contributed by atoms with Crippen LogP contribution in [0, 0.1) is 6.92 Å². The van der Waals surface area contributed by atoms with Crippen molar-refractivity contribution in [2.24, 2.45) is 7.05 Å². The lowest BCUT2D eigenvalue weighted by atomic mass is 10.1. The van der Waals surface area contributed by atoms with E-state index >= 15 is 0 Å². The number of carbonyl (C=O) groups excluding carboxylic acids is 1. The van der Waals surface area contributed by atoms with Crippen molar-refractivity contribution in [2.75, 3.05) is 6.54 Å². The summed E-state index contributed by atoms with van der Waals surface area (Å²) >= 11 is 1.57. The number of hydrogen-bond donors (Lipinski definition) is 1. The molecule has 0 radical (unpaired) electrons. The lowest BCUT2D eigenvalue weighted by Crippen LogP contribution is -2.27. The zero-order valence-electron chi connectivity index (χ0n) is 12.7. The fraction of sp³-hybridized carbons (Fsp3) is 0.312. The Kier molecular flexibility index (Phi) is 4.20. The Balaban J connectivity index is 1.59. The van der Waals surface area contributed by atoms with Crippen LogP contribution in [0.1, 0.15) is 15.6 Å². The van der Waals surface area contributed by atoms with Gasteiger partial charge in [0.15, 0.2) is 0 Å². The van der Waals surface area contributed by atoms with Crippen molar-refractivity contribution in [2.45, 2.75) is 19.8 Å². The SMILES string of the molecule is Cc1nnc(CCNC(=O)Cc2cn(C)c3ccccc23)s1. The van der Waals surface area contributed by atoms with Crippen LogP contribution in [0.2, 0.25) is 0 Å². The normalized spacial score (nSPS) is 11.0. The number of fused-ring (bicyclic) bond motifs is 1. The predicted octanol–water partition coefficient (Wildman–Crippen LogP) is 2.24. The Labute approximate surface area is 133 Å². The zero-order chi connectivity index (χ0) is 15.5. The number of aryl methyl sites for hydroxylation is 2. The van der Waals surface area contributed by atoms with Gasteiger partial charge in [0.25, 0.3) is 0 Å². The first kappa shape index (κ1) is 14.7. The van der Waals surface area contributed by atoms with Crippen molar-refractivity contribution in [3.05, 3.63) is 46.0 Å². The summed E-state index contributed by atoms with van der Waals surface area (Å²) in [4.78, 5) is 12.1. The highest BCUT2D eigenvalue weighted by Gasteiger charge is 2.10. The highest BCUT2D eigenvalue weighted by molar-refractivity contribution is 7.11. The molecule has 0 bridgehead atoms. The van der Waals surface area contributed by atoms with E-state index in [0.29, 0.717) is 13.0 Å². The number of nitrogens with one attached hydrogen (secondary N) is 1. The van der Waals surface area contributed by atoms with Crippen LogP contribution in [0.5, 0.6) is 0 Å². The molecule has 0 aliphatic heterocycles. The molecule has 1 N–H and O–H groups in total. The third-order valence-corrected chi connectivity index (χ3v) is 4.46. The van der Waals surface area contributed by atoms with E-state index in [-0.39, 0.29) is 5.91 Å². The molecule has 6 heteroatoms. The lowest BCUT2D eigenvalue weighted by molar-refractivity contribution is -0.120. The van der Waals surface area contributed by atoms with Crippen molar-refractivity contribution in [3.8, 4) is 0 Å². The fourth-order valence-corrected chi connectivity index (χ4v) is 3.26. The molecule has 0 saturated carbocycles. The molecule has 0 aliphatic carbocycles. The number of hydrogen-bond acceptors (Lipinski definition) is 4.